The van der Waals surface area contributed by atoms with Crippen molar-refractivity contribution >= 4 is 11.8 Å². The van der Waals surface area contributed by atoms with Gasteiger partial charge in [0, 0.05) is 24.7 Å². The first-order chi connectivity index (χ1) is 9.58. The predicted octanol–water partition coefficient (Wildman–Crippen LogP) is 3.43. The number of amides is 1. The van der Waals surface area contributed by atoms with Crippen LogP contribution in [0, 0.1) is 17.5 Å². The van der Waals surface area contributed by atoms with Crippen LogP contribution in [0.4, 0.5) is 23.7 Å². The molecule has 0 saturated carbocycles. The minimum absolute atomic E-state index is 0.104. The summed E-state index contributed by atoms with van der Waals surface area (Å²) in [6, 6.07) is 0.861. The summed E-state index contributed by atoms with van der Waals surface area (Å²) in [5.41, 5.74) is -0.926. The number of benzene rings is 1. The molecule has 0 aliphatic rings. The third-order valence-electron chi connectivity index (χ3n) is 2.35. The van der Waals surface area contributed by atoms with E-state index < -0.39 is 35.2 Å². The molecule has 0 aliphatic heterocycles. The van der Waals surface area contributed by atoms with Crippen LogP contribution in [-0.4, -0.2) is 24.3 Å². The first-order valence-corrected chi connectivity index (χ1v) is 6.46. The zero-order chi connectivity index (χ0) is 16.2. The largest absolute Gasteiger partial charge is 0.444 e. The van der Waals surface area contributed by atoms with E-state index in [1.165, 1.54) is 0 Å². The van der Waals surface area contributed by atoms with Crippen LogP contribution in [0.15, 0.2) is 12.1 Å². The quantitative estimate of drug-likeness (QED) is 0.838. The summed E-state index contributed by atoms with van der Waals surface area (Å²) in [5.74, 6) is -3.32. The molecule has 0 bridgehead atoms. The monoisotopic (exact) mass is 304 g/mol. The Morgan fingerprint density at radius 2 is 1.90 bits per heavy atom. The lowest BCUT2D eigenvalue weighted by molar-refractivity contribution is 0.0526. The smallest absolute Gasteiger partial charge is 0.407 e. The van der Waals surface area contributed by atoms with Gasteiger partial charge in [-0.2, -0.15) is 0 Å². The lowest BCUT2D eigenvalue weighted by Crippen LogP contribution is -2.38. The highest BCUT2D eigenvalue weighted by atomic mass is 19.2. The summed E-state index contributed by atoms with van der Waals surface area (Å²) < 4.78 is 44.5. The second-order valence-corrected chi connectivity index (χ2v) is 5.68. The molecule has 2 N–H and O–H groups in total. The van der Waals surface area contributed by atoms with Gasteiger partial charge in [-0.15, -0.1) is 0 Å². The molecule has 1 aromatic rings. The SMILES string of the molecule is CC(CNC(=O)OC(C)(C)C)Nc1cc(F)cc(F)c1F. The summed E-state index contributed by atoms with van der Waals surface area (Å²) in [7, 11) is 0. The maximum atomic E-state index is 13.4. The fourth-order valence-electron chi connectivity index (χ4n) is 1.53. The molecule has 0 aromatic heterocycles. The average molecular weight is 304 g/mol. The van der Waals surface area contributed by atoms with Gasteiger partial charge >= 0.3 is 6.09 Å². The zero-order valence-corrected chi connectivity index (χ0v) is 12.4. The van der Waals surface area contributed by atoms with Gasteiger partial charge in [-0.1, -0.05) is 0 Å². The molecule has 4 nitrogen and oxygen atoms in total. The second-order valence-electron chi connectivity index (χ2n) is 5.68. The highest BCUT2D eigenvalue weighted by Gasteiger charge is 2.17. The number of rotatable bonds is 4. The molecule has 1 amide bonds. The molecule has 0 saturated heterocycles. The van der Waals surface area contributed by atoms with Crippen LogP contribution in [0.1, 0.15) is 27.7 Å². The van der Waals surface area contributed by atoms with E-state index in [1.54, 1.807) is 27.7 Å². The third kappa shape index (κ3) is 5.93. The Morgan fingerprint density at radius 3 is 2.48 bits per heavy atom. The molecule has 1 rings (SSSR count). The maximum absolute atomic E-state index is 13.4. The van der Waals surface area contributed by atoms with Crippen LogP contribution in [0.25, 0.3) is 0 Å². The van der Waals surface area contributed by atoms with Gasteiger partial charge in [0.2, 0.25) is 0 Å². The topological polar surface area (TPSA) is 50.4 Å². The van der Waals surface area contributed by atoms with Crippen molar-refractivity contribution in [3.05, 3.63) is 29.6 Å². The predicted molar refractivity (Wildman–Crippen MR) is 73.6 cm³/mol. The third-order valence-corrected chi connectivity index (χ3v) is 2.35. The summed E-state index contributed by atoms with van der Waals surface area (Å²) in [5, 5.41) is 5.06. The number of hydrogen-bond acceptors (Lipinski definition) is 3. The Kier molecular flexibility index (Phi) is 5.46. The molecule has 1 atom stereocenters. The van der Waals surface area contributed by atoms with Gasteiger partial charge in [-0.25, -0.2) is 18.0 Å². The van der Waals surface area contributed by atoms with Crippen molar-refractivity contribution in [2.45, 2.75) is 39.3 Å². The van der Waals surface area contributed by atoms with Crippen LogP contribution in [-0.2, 0) is 4.74 Å². The van der Waals surface area contributed by atoms with E-state index in [0.717, 1.165) is 6.07 Å². The van der Waals surface area contributed by atoms with E-state index in [-0.39, 0.29) is 12.2 Å². The van der Waals surface area contributed by atoms with Gasteiger partial charge in [0.1, 0.15) is 11.4 Å². The van der Waals surface area contributed by atoms with E-state index in [4.69, 9.17) is 4.74 Å². The highest BCUT2D eigenvalue weighted by Crippen LogP contribution is 2.19. The summed E-state index contributed by atoms with van der Waals surface area (Å²) >= 11 is 0. The zero-order valence-electron chi connectivity index (χ0n) is 12.4. The summed E-state index contributed by atoms with van der Waals surface area (Å²) in [6.07, 6.45) is -0.623. The molecule has 21 heavy (non-hydrogen) atoms. The molecule has 0 radical (unpaired) electrons. The number of anilines is 1. The molecular formula is C14H19F3N2O2. The number of alkyl carbamates (subject to hydrolysis) is 1. The Morgan fingerprint density at radius 1 is 1.29 bits per heavy atom. The van der Waals surface area contributed by atoms with Crippen LogP contribution in [0.2, 0.25) is 0 Å². The Bertz CT molecular complexity index is 516. The van der Waals surface area contributed by atoms with E-state index in [9.17, 15) is 18.0 Å². The van der Waals surface area contributed by atoms with E-state index in [2.05, 4.69) is 10.6 Å². The van der Waals surface area contributed by atoms with Crippen LogP contribution < -0.4 is 10.6 Å². The number of ether oxygens (including phenoxy) is 1. The van der Waals surface area contributed by atoms with Crippen molar-refractivity contribution < 1.29 is 22.7 Å². The summed E-state index contributed by atoms with van der Waals surface area (Å²) in [6.45, 7) is 6.89. The molecule has 118 valence electrons. The van der Waals surface area contributed by atoms with Crippen molar-refractivity contribution in [2.75, 3.05) is 11.9 Å². The standard InChI is InChI=1S/C14H19F3N2O2/c1-8(7-18-13(20)21-14(2,3)4)19-11-6-9(15)5-10(16)12(11)17/h5-6,8,19H,7H2,1-4H3,(H,18,20). The molecule has 0 fully saturated rings. The Hall–Kier alpha value is -1.92. The lowest BCUT2D eigenvalue weighted by atomic mass is 10.2. The normalized spacial score (nSPS) is 12.7. The Labute approximate surface area is 121 Å². The van der Waals surface area contributed by atoms with Crippen molar-refractivity contribution in [3.8, 4) is 0 Å². The van der Waals surface area contributed by atoms with Crippen LogP contribution >= 0.6 is 0 Å². The molecule has 1 aromatic carbocycles. The van der Waals surface area contributed by atoms with E-state index in [1.807, 2.05) is 0 Å². The van der Waals surface area contributed by atoms with Crippen molar-refractivity contribution in [3.63, 3.8) is 0 Å². The van der Waals surface area contributed by atoms with Crippen molar-refractivity contribution in [1.82, 2.24) is 5.32 Å². The van der Waals surface area contributed by atoms with Crippen LogP contribution in [0.3, 0.4) is 0 Å². The minimum Gasteiger partial charge on any atom is -0.444 e. The van der Waals surface area contributed by atoms with Gasteiger partial charge in [-0.05, 0) is 27.7 Å². The van der Waals surface area contributed by atoms with Gasteiger partial charge in [0.15, 0.2) is 11.6 Å². The molecule has 0 spiro atoms. The van der Waals surface area contributed by atoms with Crippen molar-refractivity contribution in [2.24, 2.45) is 0 Å². The fourth-order valence-corrected chi connectivity index (χ4v) is 1.53. The van der Waals surface area contributed by atoms with Crippen LogP contribution in [0.5, 0.6) is 0 Å². The summed E-state index contributed by atoms with van der Waals surface area (Å²) in [4.78, 5) is 11.4. The minimum atomic E-state index is -1.27. The van der Waals surface area contributed by atoms with Gasteiger partial charge < -0.3 is 15.4 Å². The first kappa shape index (κ1) is 17.1. The number of carbonyl (C=O) groups excluding carboxylic acids is 1. The van der Waals surface area contributed by atoms with E-state index >= 15 is 0 Å². The van der Waals surface area contributed by atoms with Gasteiger partial charge in [-0.3, -0.25) is 0 Å². The lowest BCUT2D eigenvalue weighted by Gasteiger charge is -2.21. The number of halogens is 3. The molecule has 0 aliphatic carbocycles. The highest BCUT2D eigenvalue weighted by molar-refractivity contribution is 5.67. The second kappa shape index (κ2) is 6.69. The number of carbonyl (C=O) groups is 1. The number of nitrogens with one attached hydrogen (secondary N) is 2. The first-order valence-electron chi connectivity index (χ1n) is 6.46. The molecule has 1 unspecified atom stereocenters. The van der Waals surface area contributed by atoms with E-state index in [0.29, 0.717) is 6.07 Å². The van der Waals surface area contributed by atoms with Gasteiger partial charge in [0.05, 0.1) is 5.69 Å². The van der Waals surface area contributed by atoms with Gasteiger partial charge in [0.25, 0.3) is 0 Å². The Balaban J connectivity index is 2.55. The molecule has 0 heterocycles. The molecule has 7 heteroatoms. The average Bonchev–Trinajstić information content (AvgIpc) is 2.30. The number of hydrogen-bond donors (Lipinski definition) is 2. The molecular weight excluding hydrogens is 285 g/mol. The fraction of sp³-hybridized carbons (Fsp3) is 0.500. The van der Waals surface area contributed by atoms with Crippen molar-refractivity contribution in [1.29, 1.82) is 0 Å². The maximum Gasteiger partial charge on any atom is 0.407 e.